The van der Waals surface area contributed by atoms with E-state index >= 15 is 0 Å². The number of hydrogen-bond donors (Lipinski definition) is 4. The van der Waals surface area contributed by atoms with Gasteiger partial charge in [-0.3, -0.25) is 9.59 Å². The fraction of sp³-hybridized carbons (Fsp3) is 0.524. The molecule has 0 heterocycles. The first-order valence-electron chi connectivity index (χ1n) is 9.47. The number of hydrogen-bond acceptors (Lipinski definition) is 5. The lowest BCUT2D eigenvalue weighted by Crippen LogP contribution is -2.16. The summed E-state index contributed by atoms with van der Waals surface area (Å²) >= 11 is 0. The summed E-state index contributed by atoms with van der Waals surface area (Å²) in [6.45, 7) is 0. The number of benzene rings is 1. The molecule has 0 aromatic heterocycles. The van der Waals surface area contributed by atoms with Gasteiger partial charge in [-0.05, 0) is 37.0 Å². The number of ketones is 1. The maximum Gasteiger partial charge on any atom is 0.305 e. The number of phenolic OH excluding ortho intramolecular Hbond substituents is 1. The van der Waals surface area contributed by atoms with E-state index in [4.69, 9.17) is 5.11 Å². The summed E-state index contributed by atoms with van der Waals surface area (Å²) in [5.41, 5.74) is 1.22. The van der Waals surface area contributed by atoms with Crippen LogP contribution >= 0.6 is 0 Å². The van der Waals surface area contributed by atoms with Crippen LogP contribution in [-0.2, 0) is 16.0 Å². The van der Waals surface area contributed by atoms with Crippen molar-refractivity contribution in [3.8, 4) is 5.75 Å². The van der Waals surface area contributed by atoms with E-state index in [-0.39, 0.29) is 17.9 Å². The van der Waals surface area contributed by atoms with E-state index < -0.39 is 24.3 Å². The van der Waals surface area contributed by atoms with Gasteiger partial charge < -0.3 is 20.4 Å². The molecule has 0 saturated heterocycles. The lowest BCUT2D eigenvalue weighted by molar-refractivity contribution is -0.139. The molecule has 1 unspecified atom stereocenters. The Morgan fingerprint density at radius 1 is 0.889 bits per heavy atom. The molecule has 1 aromatic carbocycles. The Kier molecular flexibility index (Phi) is 10.9. The Hall–Kier alpha value is -2.34. The molecule has 0 spiro atoms. The third-order valence-electron chi connectivity index (χ3n) is 4.26. The summed E-state index contributed by atoms with van der Waals surface area (Å²) in [6, 6.07) is 7.28. The average Bonchev–Trinajstić information content (AvgIpc) is 2.57. The largest absolute Gasteiger partial charge is 0.512 e. The molecule has 150 valence electrons. The van der Waals surface area contributed by atoms with Gasteiger partial charge in [-0.15, -0.1) is 0 Å². The highest BCUT2D eigenvalue weighted by molar-refractivity contribution is 5.90. The summed E-state index contributed by atoms with van der Waals surface area (Å²) in [5.74, 6) is -1.36. The molecule has 0 amide bonds. The van der Waals surface area contributed by atoms with E-state index in [1.165, 1.54) is 5.56 Å². The number of aryl methyl sites for hydroxylation is 1. The number of allylic oxidation sites excluding steroid dienone is 2. The van der Waals surface area contributed by atoms with Crippen LogP contribution in [0.5, 0.6) is 5.75 Å². The third kappa shape index (κ3) is 11.8. The van der Waals surface area contributed by atoms with Crippen LogP contribution in [-0.4, -0.2) is 38.3 Å². The Morgan fingerprint density at radius 2 is 1.48 bits per heavy atom. The molecule has 6 nitrogen and oxygen atoms in total. The zero-order chi connectivity index (χ0) is 20.1. The number of aliphatic hydroxyl groups is 2. The fourth-order valence-corrected chi connectivity index (χ4v) is 2.83. The number of carboxylic acids is 1. The summed E-state index contributed by atoms with van der Waals surface area (Å²) in [6.07, 6.45) is 6.66. The Morgan fingerprint density at radius 3 is 2.11 bits per heavy atom. The van der Waals surface area contributed by atoms with E-state index in [1.54, 1.807) is 12.1 Å². The molecule has 4 N–H and O–H groups in total. The highest BCUT2D eigenvalue weighted by Gasteiger charge is 2.13. The predicted octanol–water partition coefficient (Wildman–Crippen LogP) is 3.90. The summed E-state index contributed by atoms with van der Waals surface area (Å²) in [4.78, 5) is 22.0. The van der Waals surface area contributed by atoms with Crippen molar-refractivity contribution < 1.29 is 30.0 Å². The van der Waals surface area contributed by atoms with Gasteiger partial charge >= 0.3 is 5.97 Å². The number of aliphatic carboxylic acids is 1. The first-order valence-corrected chi connectivity index (χ1v) is 9.47. The van der Waals surface area contributed by atoms with Gasteiger partial charge in [0.1, 0.15) is 5.75 Å². The molecule has 1 rings (SSSR count). The number of rotatable bonds is 14. The second kappa shape index (κ2) is 12.9. The van der Waals surface area contributed by atoms with Crippen LogP contribution in [0.2, 0.25) is 0 Å². The van der Waals surface area contributed by atoms with Crippen LogP contribution in [0.3, 0.4) is 0 Å². The van der Waals surface area contributed by atoms with E-state index in [0.717, 1.165) is 51.0 Å². The van der Waals surface area contributed by atoms with Crippen LogP contribution in [0.15, 0.2) is 36.1 Å². The van der Waals surface area contributed by atoms with Gasteiger partial charge in [0.2, 0.25) is 0 Å². The SMILES string of the molecule is O=C(O)CC(O)CC(=O)/C=C(\O)CCCCCCCCc1ccc(O)cc1. The minimum absolute atomic E-state index is 0.0187. The molecule has 0 radical (unpaired) electrons. The summed E-state index contributed by atoms with van der Waals surface area (Å²) in [5, 5.41) is 36.9. The Balaban J connectivity index is 2.05. The Bertz CT molecular complexity index is 606. The van der Waals surface area contributed by atoms with Crippen LogP contribution in [0.25, 0.3) is 0 Å². The molecule has 1 aromatic rings. The van der Waals surface area contributed by atoms with Crippen LogP contribution in [0.1, 0.15) is 63.4 Å². The molecule has 0 aliphatic heterocycles. The van der Waals surface area contributed by atoms with Gasteiger partial charge in [0, 0.05) is 18.9 Å². The second-order valence-electron chi connectivity index (χ2n) is 6.85. The van der Waals surface area contributed by atoms with Gasteiger partial charge in [-0.2, -0.15) is 0 Å². The number of carbonyl (C=O) groups is 2. The molecule has 0 aliphatic rings. The minimum Gasteiger partial charge on any atom is -0.512 e. The maximum atomic E-state index is 11.6. The quantitative estimate of drug-likeness (QED) is 0.222. The molecule has 0 saturated carbocycles. The summed E-state index contributed by atoms with van der Waals surface area (Å²) < 4.78 is 0. The predicted molar refractivity (Wildman–Crippen MR) is 103 cm³/mol. The zero-order valence-electron chi connectivity index (χ0n) is 15.6. The van der Waals surface area contributed by atoms with E-state index in [0.29, 0.717) is 6.42 Å². The molecular formula is C21H30O6. The van der Waals surface area contributed by atoms with Gasteiger partial charge in [0.25, 0.3) is 0 Å². The van der Waals surface area contributed by atoms with Gasteiger partial charge in [0.15, 0.2) is 5.78 Å². The van der Waals surface area contributed by atoms with Crippen molar-refractivity contribution in [1.29, 1.82) is 0 Å². The molecule has 0 bridgehead atoms. The van der Waals surface area contributed by atoms with Crippen molar-refractivity contribution in [2.75, 3.05) is 0 Å². The van der Waals surface area contributed by atoms with E-state index in [1.807, 2.05) is 12.1 Å². The Labute approximate surface area is 160 Å². The van der Waals surface area contributed by atoms with Crippen molar-refractivity contribution in [1.82, 2.24) is 0 Å². The van der Waals surface area contributed by atoms with Crippen molar-refractivity contribution in [3.05, 3.63) is 41.7 Å². The first kappa shape index (κ1) is 22.7. The number of carbonyl (C=O) groups excluding carboxylic acids is 1. The maximum absolute atomic E-state index is 11.6. The first-order chi connectivity index (χ1) is 12.9. The van der Waals surface area contributed by atoms with E-state index in [9.17, 15) is 24.9 Å². The topological polar surface area (TPSA) is 115 Å². The normalized spacial score (nSPS) is 12.7. The second-order valence-corrected chi connectivity index (χ2v) is 6.85. The van der Waals surface area contributed by atoms with Crippen LogP contribution in [0.4, 0.5) is 0 Å². The van der Waals surface area contributed by atoms with Crippen molar-refractivity contribution in [2.45, 2.75) is 70.3 Å². The number of aromatic hydroxyl groups is 1. The fourth-order valence-electron chi connectivity index (χ4n) is 2.83. The highest BCUT2D eigenvalue weighted by atomic mass is 16.4. The molecule has 0 fully saturated rings. The number of phenols is 1. The average molecular weight is 378 g/mol. The smallest absolute Gasteiger partial charge is 0.305 e. The minimum atomic E-state index is -1.22. The highest BCUT2D eigenvalue weighted by Crippen LogP contribution is 2.14. The third-order valence-corrected chi connectivity index (χ3v) is 4.26. The van der Waals surface area contributed by atoms with Crippen LogP contribution < -0.4 is 0 Å². The van der Waals surface area contributed by atoms with Crippen molar-refractivity contribution in [3.63, 3.8) is 0 Å². The van der Waals surface area contributed by atoms with Gasteiger partial charge in [0.05, 0.1) is 18.3 Å². The number of unbranched alkanes of at least 4 members (excludes halogenated alkanes) is 5. The summed E-state index contributed by atoms with van der Waals surface area (Å²) in [7, 11) is 0. The monoisotopic (exact) mass is 378 g/mol. The lowest BCUT2D eigenvalue weighted by Gasteiger charge is -2.05. The molecule has 1 atom stereocenters. The standard InChI is InChI=1S/C21H30O6/c22-17-11-9-16(10-12-17)7-5-3-1-2-4-6-8-18(23)13-19(24)14-20(25)15-21(26)27/h9-13,20,22-23,25H,1-8,14-15H2,(H,26,27)/b18-13-. The molecule has 27 heavy (non-hydrogen) atoms. The van der Waals surface area contributed by atoms with Crippen molar-refractivity contribution >= 4 is 11.8 Å². The van der Waals surface area contributed by atoms with Crippen LogP contribution in [0, 0.1) is 0 Å². The lowest BCUT2D eigenvalue weighted by atomic mass is 10.0. The molecule has 0 aliphatic carbocycles. The zero-order valence-corrected chi connectivity index (χ0v) is 15.6. The van der Waals surface area contributed by atoms with Gasteiger partial charge in [-0.25, -0.2) is 0 Å². The molecular weight excluding hydrogens is 348 g/mol. The number of carboxylic acid groups (broad SMARTS) is 1. The number of aliphatic hydroxyl groups excluding tert-OH is 2. The molecule has 6 heteroatoms. The van der Waals surface area contributed by atoms with Gasteiger partial charge in [-0.1, -0.05) is 37.8 Å². The van der Waals surface area contributed by atoms with Crippen molar-refractivity contribution in [2.24, 2.45) is 0 Å². The van der Waals surface area contributed by atoms with E-state index in [2.05, 4.69) is 0 Å².